The number of nitrogens with zero attached hydrogens (tertiary/aromatic N) is 2. The average molecular weight is 372 g/mol. The van der Waals surface area contributed by atoms with Crippen molar-refractivity contribution in [2.45, 2.75) is 32.4 Å². The Labute approximate surface area is 154 Å². The third-order valence-corrected chi connectivity index (χ3v) is 7.79. The molecule has 138 valence electrons. The van der Waals surface area contributed by atoms with Crippen LogP contribution in [-0.2, 0) is 14.6 Å². The Morgan fingerprint density at radius 1 is 1.19 bits per heavy atom. The van der Waals surface area contributed by atoms with E-state index in [4.69, 9.17) is 0 Å². The van der Waals surface area contributed by atoms with Crippen molar-refractivity contribution in [1.29, 1.82) is 0 Å². The van der Waals surface area contributed by atoms with E-state index >= 15 is 0 Å². The summed E-state index contributed by atoms with van der Waals surface area (Å²) in [7, 11) is -1.86. The largest absolute Gasteiger partial charge is 0.504 e. The van der Waals surface area contributed by atoms with Gasteiger partial charge >= 0.3 is 0 Å². The minimum atomic E-state index is -3.82. The molecule has 3 rings (SSSR count). The average Bonchev–Trinajstić information content (AvgIpc) is 2.61. The first kappa shape index (κ1) is 18.5. The lowest BCUT2D eigenvalue weighted by molar-refractivity contribution is 0.501. The van der Waals surface area contributed by atoms with Gasteiger partial charge in [-0.05, 0) is 45.4 Å². The Balaban J connectivity index is 2.39. The summed E-state index contributed by atoms with van der Waals surface area (Å²) in [5.41, 5.74) is 3.11. The molecule has 0 saturated carbocycles. The molecule has 1 aliphatic heterocycles. The number of fused-ring (bicyclic) bond motifs is 1. The van der Waals surface area contributed by atoms with Gasteiger partial charge in [0.2, 0.25) is 0 Å². The molecule has 1 aromatic carbocycles. The molecule has 0 fully saturated rings. The van der Waals surface area contributed by atoms with Crippen LogP contribution in [0.4, 0.5) is 5.69 Å². The van der Waals surface area contributed by atoms with Crippen molar-refractivity contribution in [3.8, 4) is 0 Å². The Kier molecular flexibility index (Phi) is 4.35. The lowest BCUT2D eigenvalue weighted by Gasteiger charge is -2.33. The molecule has 2 heterocycles. The molecule has 0 bridgehead atoms. The van der Waals surface area contributed by atoms with Gasteiger partial charge in [0.15, 0.2) is 15.6 Å². The Hall–Kier alpha value is -2.34. The van der Waals surface area contributed by atoms with Crippen LogP contribution in [0.3, 0.4) is 0 Å². The zero-order chi connectivity index (χ0) is 19.3. The van der Waals surface area contributed by atoms with E-state index in [0.29, 0.717) is 16.8 Å². The normalized spacial score (nSPS) is 17.7. The first-order chi connectivity index (χ1) is 12.1. The molecule has 26 heavy (non-hydrogen) atoms. The van der Waals surface area contributed by atoms with Gasteiger partial charge in [-0.25, -0.2) is 8.42 Å². The van der Waals surface area contributed by atoms with Crippen LogP contribution in [0, 0.1) is 6.92 Å². The second-order valence-corrected chi connectivity index (χ2v) is 9.49. The summed E-state index contributed by atoms with van der Waals surface area (Å²) < 4.78 is 25.7. The fourth-order valence-electron chi connectivity index (χ4n) is 3.44. The highest BCUT2D eigenvalue weighted by molar-refractivity contribution is 8.01. The number of anilines is 1. The predicted octanol–water partition coefficient (Wildman–Crippen LogP) is 3.89. The van der Waals surface area contributed by atoms with Crippen molar-refractivity contribution in [1.82, 2.24) is 4.98 Å². The van der Waals surface area contributed by atoms with E-state index < -0.39 is 14.6 Å². The maximum absolute atomic E-state index is 13.5. The summed E-state index contributed by atoms with van der Waals surface area (Å²) in [6, 6.07) is 8.92. The molecule has 0 unspecified atom stereocenters. The predicted molar refractivity (Wildman–Crippen MR) is 106 cm³/mol. The van der Waals surface area contributed by atoms with Crippen molar-refractivity contribution in [2.24, 2.45) is 0 Å². The summed E-state index contributed by atoms with van der Waals surface area (Å²) >= 11 is 0. The molecular formula is C20H24N2O3S. The molecule has 2 aromatic rings. The number of sulfone groups is 1. The number of rotatable bonds is 3. The van der Waals surface area contributed by atoms with Crippen LogP contribution in [0.5, 0.6) is 0 Å². The Morgan fingerprint density at radius 3 is 2.54 bits per heavy atom. The van der Waals surface area contributed by atoms with Gasteiger partial charge in [0.25, 0.3) is 0 Å². The van der Waals surface area contributed by atoms with Crippen molar-refractivity contribution in [2.75, 3.05) is 18.5 Å². The highest BCUT2D eigenvalue weighted by atomic mass is 32.2. The standard InChI is InChI=1S/C20H24N2O3S/c1-6-22(5)16-11-7-9-14(13(16)2)19-18(23)17-15(10-8-12-21-17)20(3,4)26(19,24)25/h7-12,23H,6H2,1-5H3. The number of benzene rings is 1. The van der Waals surface area contributed by atoms with Gasteiger partial charge in [-0.1, -0.05) is 18.2 Å². The highest BCUT2D eigenvalue weighted by Crippen LogP contribution is 2.48. The highest BCUT2D eigenvalue weighted by Gasteiger charge is 2.47. The molecule has 5 nitrogen and oxygen atoms in total. The smallest absolute Gasteiger partial charge is 0.192 e. The lowest BCUT2D eigenvalue weighted by Crippen LogP contribution is -2.35. The van der Waals surface area contributed by atoms with E-state index in [0.717, 1.165) is 17.8 Å². The maximum atomic E-state index is 13.5. The quantitative estimate of drug-likeness (QED) is 0.885. The Morgan fingerprint density at radius 2 is 1.88 bits per heavy atom. The molecule has 1 N–H and O–H groups in total. The molecule has 0 saturated heterocycles. The van der Waals surface area contributed by atoms with Crippen molar-refractivity contribution >= 4 is 26.2 Å². The second kappa shape index (κ2) is 6.13. The van der Waals surface area contributed by atoms with Gasteiger partial charge in [-0.3, -0.25) is 4.98 Å². The molecule has 1 aromatic heterocycles. The zero-order valence-electron chi connectivity index (χ0n) is 15.7. The first-order valence-electron chi connectivity index (χ1n) is 8.59. The fraction of sp³-hybridized carbons (Fsp3) is 0.350. The topological polar surface area (TPSA) is 70.5 Å². The van der Waals surface area contributed by atoms with Gasteiger partial charge in [-0.15, -0.1) is 0 Å². The first-order valence-corrected chi connectivity index (χ1v) is 10.1. The van der Waals surface area contributed by atoms with Crippen molar-refractivity contribution in [3.05, 3.63) is 58.9 Å². The monoisotopic (exact) mass is 372 g/mol. The van der Waals surface area contributed by atoms with E-state index in [-0.39, 0.29) is 10.7 Å². The Bertz CT molecular complexity index is 1010. The minimum Gasteiger partial charge on any atom is -0.504 e. The van der Waals surface area contributed by atoms with Gasteiger partial charge in [0, 0.05) is 36.6 Å². The fourth-order valence-corrected chi connectivity index (χ4v) is 5.27. The zero-order valence-corrected chi connectivity index (χ0v) is 16.6. The molecule has 1 aliphatic rings. The number of pyridine rings is 1. The molecule has 0 radical (unpaired) electrons. The van der Waals surface area contributed by atoms with Crippen molar-refractivity contribution in [3.63, 3.8) is 0 Å². The van der Waals surface area contributed by atoms with E-state index in [1.54, 1.807) is 38.2 Å². The van der Waals surface area contributed by atoms with E-state index in [1.807, 2.05) is 37.9 Å². The summed E-state index contributed by atoms with van der Waals surface area (Å²) in [6.07, 6.45) is 1.56. The molecule has 0 spiro atoms. The van der Waals surface area contributed by atoms with Crippen LogP contribution in [-0.4, -0.2) is 32.1 Å². The van der Waals surface area contributed by atoms with Gasteiger partial charge in [-0.2, -0.15) is 0 Å². The summed E-state index contributed by atoms with van der Waals surface area (Å²) in [6.45, 7) is 8.02. The number of aromatic nitrogens is 1. The summed E-state index contributed by atoms with van der Waals surface area (Å²) in [4.78, 5) is 6.26. The molecule has 0 aliphatic carbocycles. The summed E-state index contributed by atoms with van der Waals surface area (Å²) in [5, 5.41) is 10.9. The number of hydrogen-bond donors (Lipinski definition) is 1. The van der Waals surface area contributed by atoms with E-state index in [9.17, 15) is 13.5 Å². The number of aliphatic hydroxyl groups excluding tert-OH is 1. The van der Waals surface area contributed by atoms with Crippen LogP contribution >= 0.6 is 0 Å². The second-order valence-electron chi connectivity index (χ2n) is 7.05. The third kappa shape index (κ3) is 2.43. The lowest BCUT2D eigenvalue weighted by atomic mass is 9.97. The summed E-state index contributed by atoms with van der Waals surface area (Å²) in [5.74, 6) is -0.278. The molecular weight excluding hydrogens is 348 g/mol. The molecule has 0 amide bonds. The maximum Gasteiger partial charge on any atom is 0.192 e. The molecule has 0 atom stereocenters. The van der Waals surface area contributed by atoms with Crippen molar-refractivity contribution < 1.29 is 13.5 Å². The van der Waals surface area contributed by atoms with Crippen LogP contribution in [0.2, 0.25) is 0 Å². The van der Waals surface area contributed by atoms with Gasteiger partial charge in [0.1, 0.15) is 10.6 Å². The third-order valence-electron chi connectivity index (χ3n) is 5.27. The van der Waals surface area contributed by atoms with Crippen LogP contribution in [0.15, 0.2) is 36.5 Å². The van der Waals surface area contributed by atoms with Crippen LogP contribution in [0.25, 0.3) is 10.7 Å². The number of aliphatic hydroxyl groups is 1. The van der Waals surface area contributed by atoms with Gasteiger partial charge < -0.3 is 10.0 Å². The SMILES string of the molecule is CCN(C)c1cccc(C2=C(O)c3ncccc3C(C)(C)S2(=O)=O)c1C. The minimum absolute atomic E-state index is 0.0439. The van der Waals surface area contributed by atoms with Gasteiger partial charge in [0.05, 0.1) is 4.75 Å². The number of hydrogen-bond acceptors (Lipinski definition) is 5. The molecule has 6 heteroatoms. The van der Waals surface area contributed by atoms with E-state index in [1.165, 1.54) is 0 Å². The van der Waals surface area contributed by atoms with Crippen LogP contribution < -0.4 is 4.90 Å². The van der Waals surface area contributed by atoms with E-state index in [2.05, 4.69) is 4.98 Å². The van der Waals surface area contributed by atoms with Crippen LogP contribution in [0.1, 0.15) is 43.2 Å².